The summed E-state index contributed by atoms with van der Waals surface area (Å²) < 4.78 is 31.9. The molecule has 0 saturated carbocycles. The van der Waals surface area contributed by atoms with Crippen molar-refractivity contribution in [3.63, 3.8) is 0 Å². The molecule has 2 aromatic rings. The zero-order chi connectivity index (χ0) is 13.8. The van der Waals surface area contributed by atoms with E-state index in [2.05, 4.69) is 0 Å². The summed E-state index contributed by atoms with van der Waals surface area (Å²) in [4.78, 5) is 0. The highest BCUT2D eigenvalue weighted by atomic mass is 19.1. The normalized spacial score (nSPS) is 10.0. The fraction of sp³-hybridized carbons (Fsp3) is 0.0714. The first-order valence-electron chi connectivity index (χ1n) is 5.41. The van der Waals surface area contributed by atoms with Gasteiger partial charge in [-0.15, -0.1) is 0 Å². The van der Waals surface area contributed by atoms with Crippen LogP contribution in [0.1, 0.15) is 11.1 Å². The van der Waals surface area contributed by atoms with Crippen LogP contribution in [-0.2, 0) is 6.61 Å². The van der Waals surface area contributed by atoms with Crippen molar-refractivity contribution in [2.75, 3.05) is 0 Å². The largest absolute Gasteiger partial charge is 0.454 e. The van der Waals surface area contributed by atoms with Gasteiger partial charge in [0.1, 0.15) is 17.6 Å². The van der Waals surface area contributed by atoms with Gasteiger partial charge in [0.25, 0.3) is 0 Å². The Labute approximate surface area is 108 Å². The average Bonchev–Trinajstić information content (AvgIpc) is 2.43. The van der Waals surface area contributed by atoms with Crippen molar-refractivity contribution in [2.45, 2.75) is 6.61 Å². The van der Waals surface area contributed by atoms with E-state index in [9.17, 15) is 8.78 Å². The monoisotopic (exact) mass is 261 g/mol. The van der Waals surface area contributed by atoms with Gasteiger partial charge in [0, 0.05) is 6.07 Å². The number of aliphatic hydroxyl groups is 1. The highest BCUT2D eigenvalue weighted by Gasteiger charge is 2.08. The van der Waals surface area contributed by atoms with Crippen LogP contribution in [0, 0.1) is 23.0 Å². The van der Waals surface area contributed by atoms with Crippen molar-refractivity contribution in [1.82, 2.24) is 0 Å². The van der Waals surface area contributed by atoms with E-state index in [0.29, 0.717) is 5.56 Å². The lowest BCUT2D eigenvalue weighted by Crippen LogP contribution is -1.92. The first-order chi connectivity index (χ1) is 9.13. The quantitative estimate of drug-likeness (QED) is 0.923. The van der Waals surface area contributed by atoms with E-state index in [1.807, 2.05) is 0 Å². The molecule has 1 N–H and O–H groups in total. The standard InChI is InChI=1S/C14H9F2NO2/c15-12-3-2-11(6-10(12)7-17)19-14-4-1-9(8-18)5-13(14)16/h1-6,18H,8H2. The molecule has 0 spiro atoms. The summed E-state index contributed by atoms with van der Waals surface area (Å²) in [5.41, 5.74) is 0.242. The van der Waals surface area contributed by atoms with Crippen molar-refractivity contribution >= 4 is 0 Å². The average molecular weight is 261 g/mol. The van der Waals surface area contributed by atoms with Crippen LogP contribution in [0.3, 0.4) is 0 Å². The Hall–Kier alpha value is -2.45. The van der Waals surface area contributed by atoms with Gasteiger partial charge in [-0.2, -0.15) is 5.26 Å². The lowest BCUT2D eigenvalue weighted by Gasteiger charge is -2.08. The fourth-order valence-electron chi connectivity index (χ4n) is 1.51. The van der Waals surface area contributed by atoms with Gasteiger partial charge >= 0.3 is 0 Å². The number of benzene rings is 2. The van der Waals surface area contributed by atoms with Gasteiger partial charge in [-0.05, 0) is 29.8 Å². The summed E-state index contributed by atoms with van der Waals surface area (Å²) in [6, 6.07) is 9.25. The van der Waals surface area contributed by atoms with E-state index < -0.39 is 11.6 Å². The molecule has 96 valence electrons. The number of hydrogen-bond donors (Lipinski definition) is 1. The summed E-state index contributed by atoms with van der Waals surface area (Å²) in [5.74, 6) is -1.21. The maximum atomic E-state index is 13.6. The molecule has 2 aromatic carbocycles. The SMILES string of the molecule is N#Cc1cc(Oc2ccc(CO)cc2F)ccc1F. The highest BCUT2D eigenvalue weighted by molar-refractivity contribution is 5.40. The molecule has 0 heterocycles. The van der Waals surface area contributed by atoms with Crippen LogP contribution < -0.4 is 4.74 Å². The van der Waals surface area contributed by atoms with Crippen molar-refractivity contribution in [1.29, 1.82) is 5.26 Å². The third kappa shape index (κ3) is 2.87. The Balaban J connectivity index is 2.29. The number of aliphatic hydroxyl groups excluding tert-OH is 1. The minimum atomic E-state index is -0.661. The summed E-state index contributed by atoms with van der Waals surface area (Å²) in [7, 11) is 0. The number of nitriles is 1. The minimum absolute atomic E-state index is 0.0623. The molecule has 0 unspecified atom stereocenters. The number of halogens is 2. The van der Waals surface area contributed by atoms with Crippen LogP contribution in [0.15, 0.2) is 36.4 Å². The molecular weight excluding hydrogens is 252 g/mol. The number of nitrogens with zero attached hydrogens (tertiary/aromatic N) is 1. The number of rotatable bonds is 3. The van der Waals surface area contributed by atoms with E-state index in [0.717, 1.165) is 12.1 Å². The maximum Gasteiger partial charge on any atom is 0.166 e. The minimum Gasteiger partial charge on any atom is -0.454 e. The van der Waals surface area contributed by atoms with Gasteiger partial charge in [0.2, 0.25) is 0 Å². The Morgan fingerprint density at radius 3 is 2.53 bits per heavy atom. The molecule has 0 aromatic heterocycles. The van der Waals surface area contributed by atoms with E-state index in [1.54, 1.807) is 6.07 Å². The van der Waals surface area contributed by atoms with Crippen molar-refractivity contribution in [2.24, 2.45) is 0 Å². The summed E-state index contributed by atoms with van der Waals surface area (Å²) in [5, 5.41) is 17.5. The molecule has 2 rings (SSSR count). The molecular formula is C14H9F2NO2. The fourth-order valence-corrected chi connectivity index (χ4v) is 1.51. The highest BCUT2D eigenvalue weighted by Crippen LogP contribution is 2.26. The predicted molar refractivity (Wildman–Crippen MR) is 63.5 cm³/mol. The van der Waals surface area contributed by atoms with Gasteiger partial charge in [-0.1, -0.05) is 6.07 Å². The molecule has 0 aliphatic carbocycles. The van der Waals surface area contributed by atoms with Crippen LogP contribution >= 0.6 is 0 Å². The van der Waals surface area contributed by atoms with Gasteiger partial charge in [0.05, 0.1) is 12.2 Å². The first-order valence-corrected chi connectivity index (χ1v) is 5.41. The molecule has 5 heteroatoms. The molecule has 0 fully saturated rings. The van der Waals surface area contributed by atoms with Crippen LogP contribution in [0.25, 0.3) is 0 Å². The smallest absolute Gasteiger partial charge is 0.166 e. The van der Waals surface area contributed by atoms with E-state index in [-0.39, 0.29) is 23.7 Å². The van der Waals surface area contributed by atoms with Crippen LogP contribution in [0.2, 0.25) is 0 Å². The van der Waals surface area contributed by atoms with Gasteiger partial charge in [-0.25, -0.2) is 8.78 Å². The second kappa shape index (κ2) is 5.46. The van der Waals surface area contributed by atoms with Crippen molar-refractivity contribution in [3.8, 4) is 17.6 Å². The Morgan fingerprint density at radius 1 is 1.11 bits per heavy atom. The Kier molecular flexibility index (Phi) is 3.74. The van der Waals surface area contributed by atoms with Crippen LogP contribution in [-0.4, -0.2) is 5.11 Å². The van der Waals surface area contributed by atoms with Gasteiger partial charge < -0.3 is 9.84 Å². The molecule has 0 atom stereocenters. The van der Waals surface area contributed by atoms with Crippen molar-refractivity contribution < 1.29 is 18.6 Å². The van der Waals surface area contributed by atoms with E-state index in [1.165, 1.54) is 24.3 Å². The lowest BCUT2D eigenvalue weighted by atomic mass is 10.2. The summed E-state index contributed by atoms with van der Waals surface area (Å²) >= 11 is 0. The molecule has 0 bridgehead atoms. The van der Waals surface area contributed by atoms with Gasteiger partial charge in [0.15, 0.2) is 11.6 Å². The number of ether oxygens (including phenoxy) is 1. The lowest BCUT2D eigenvalue weighted by molar-refractivity contribution is 0.281. The third-order valence-electron chi connectivity index (χ3n) is 2.46. The second-order valence-corrected chi connectivity index (χ2v) is 3.78. The number of hydrogen-bond acceptors (Lipinski definition) is 3. The van der Waals surface area contributed by atoms with Crippen LogP contribution in [0.4, 0.5) is 8.78 Å². The Morgan fingerprint density at radius 2 is 1.89 bits per heavy atom. The summed E-state index contributed by atoms with van der Waals surface area (Å²) in [6.45, 7) is -0.271. The van der Waals surface area contributed by atoms with E-state index >= 15 is 0 Å². The predicted octanol–water partition coefficient (Wildman–Crippen LogP) is 3.12. The topological polar surface area (TPSA) is 53.2 Å². The molecule has 0 aliphatic rings. The molecule has 0 aliphatic heterocycles. The second-order valence-electron chi connectivity index (χ2n) is 3.78. The molecule has 19 heavy (non-hydrogen) atoms. The zero-order valence-corrected chi connectivity index (χ0v) is 9.73. The first kappa shape index (κ1) is 13.0. The maximum absolute atomic E-state index is 13.6. The molecule has 0 amide bonds. The Bertz CT molecular complexity index is 650. The van der Waals surface area contributed by atoms with Crippen LogP contribution in [0.5, 0.6) is 11.5 Å². The van der Waals surface area contributed by atoms with Gasteiger partial charge in [-0.3, -0.25) is 0 Å². The van der Waals surface area contributed by atoms with Crippen molar-refractivity contribution in [3.05, 3.63) is 59.2 Å². The molecule has 0 saturated heterocycles. The summed E-state index contributed by atoms with van der Waals surface area (Å²) in [6.07, 6.45) is 0. The zero-order valence-electron chi connectivity index (χ0n) is 9.73. The molecule has 0 radical (unpaired) electrons. The molecule has 3 nitrogen and oxygen atoms in total. The third-order valence-corrected chi connectivity index (χ3v) is 2.46. The van der Waals surface area contributed by atoms with E-state index in [4.69, 9.17) is 15.1 Å².